The van der Waals surface area contributed by atoms with Gasteiger partial charge in [0.2, 0.25) is 8.32 Å². The molecule has 1 aromatic carbocycles. The number of aliphatic hydroxyl groups excluding tert-OH is 1. The number of rotatable bonds is 4. The van der Waals surface area contributed by atoms with E-state index in [0.29, 0.717) is 5.76 Å². The molecule has 1 unspecified atom stereocenters. The van der Waals surface area contributed by atoms with Crippen molar-refractivity contribution < 1.29 is 14.1 Å². The van der Waals surface area contributed by atoms with Crippen LogP contribution in [0.5, 0.6) is 5.75 Å². The largest absolute Gasteiger partial charge is 0.544 e. The van der Waals surface area contributed by atoms with Crippen LogP contribution in [0.25, 0.3) is 11.3 Å². The first kappa shape index (κ1) is 17.8. The van der Waals surface area contributed by atoms with Crippen LogP contribution in [-0.2, 0) is 0 Å². The van der Waals surface area contributed by atoms with Crippen LogP contribution in [-0.4, -0.2) is 18.6 Å². The van der Waals surface area contributed by atoms with Gasteiger partial charge in [-0.2, -0.15) is 0 Å². The molecular weight excluding hydrogens is 306 g/mol. The highest BCUT2D eigenvalue weighted by Crippen LogP contribution is 2.38. The van der Waals surface area contributed by atoms with Crippen LogP contribution in [0.1, 0.15) is 45.1 Å². The molecule has 1 aromatic heterocycles. The Kier molecular flexibility index (Phi) is 4.73. The Balaban J connectivity index is 2.28. The Labute approximate surface area is 139 Å². The molecule has 1 N–H and O–H groups in total. The molecule has 0 fully saturated rings. The summed E-state index contributed by atoms with van der Waals surface area (Å²) in [6.45, 7) is 14.7. The minimum Gasteiger partial charge on any atom is -0.544 e. The van der Waals surface area contributed by atoms with Gasteiger partial charge in [-0.15, -0.1) is 0 Å². The quantitative estimate of drug-likeness (QED) is 0.792. The minimum atomic E-state index is -1.84. The molecule has 4 nitrogen and oxygen atoms in total. The lowest BCUT2D eigenvalue weighted by atomic mass is 10.0. The fraction of sp³-hybridized carbons (Fsp3) is 0.500. The first-order valence-corrected chi connectivity index (χ1v) is 10.9. The average Bonchev–Trinajstić information content (AvgIpc) is 2.80. The first-order chi connectivity index (χ1) is 10.5. The maximum atomic E-state index is 9.91. The van der Waals surface area contributed by atoms with Crippen molar-refractivity contribution in [3.05, 3.63) is 35.5 Å². The van der Waals surface area contributed by atoms with Gasteiger partial charge in [0.05, 0.1) is 17.4 Å². The van der Waals surface area contributed by atoms with E-state index in [1.54, 1.807) is 6.92 Å². The van der Waals surface area contributed by atoms with E-state index in [-0.39, 0.29) is 5.04 Å². The van der Waals surface area contributed by atoms with E-state index < -0.39 is 14.4 Å². The monoisotopic (exact) mass is 333 g/mol. The fourth-order valence-corrected chi connectivity index (χ4v) is 3.23. The lowest BCUT2D eigenvalue weighted by Gasteiger charge is -2.36. The zero-order chi connectivity index (χ0) is 17.4. The van der Waals surface area contributed by atoms with Gasteiger partial charge in [0, 0.05) is 5.56 Å². The predicted octanol–water partition coefficient (Wildman–Crippen LogP) is 5.09. The van der Waals surface area contributed by atoms with E-state index in [4.69, 9.17) is 8.95 Å². The van der Waals surface area contributed by atoms with E-state index in [1.165, 1.54) is 0 Å². The molecule has 5 heteroatoms. The van der Waals surface area contributed by atoms with Crippen LogP contribution in [0, 0.1) is 6.92 Å². The summed E-state index contributed by atoms with van der Waals surface area (Å²) in [5.41, 5.74) is 2.35. The highest BCUT2D eigenvalue weighted by atomic mass is 28.4. The summed E-state index contributed by atoms with van der Waals surface area (Å²) < 4.78 is 11.7. The standard InChI is InChI=1S/C18H27NO3Si/c1-12-16(13(2)20)17(21-19-12)14-8-10-15(11-9-14)22-23(6,7)18(3,4)5/h8-11,13,20H,1-7H3. The number of nitrogens with zero attached hydrogens (tertiary/aromatic N) is 1. The van der Waals surface area contributed by atoms with Gasteiger partial charge in [-0.1, -0.05) is 25.9 Å². The van der Waals surface area contributed by atoms with Gasteiger partial charge in [0.1, 0.15) is 5.75 Å². The summed E-state index contributed by atoms with van der Waals surface area (Å²) in [4.78, 5) is 0. The highest BCUT2D eigenvalue weighted by Gasteiger charge is 2.38. The second-order valence-corrected chi connectivity index (χ2v) is 12.3. The maximum Gasteiger partial charge on any atom is 0.250 e. The molecule has 0 bridgehead atoms. The Morgan fingerprint density at radius 3 is 2.22 bits per heavy atom. The lowest BCUT2D eigenvalue weighted by molar-refractivity contribution is 0.198. The zero-order valence-corrected chi connectivity index (χ0v) is 16.1. The number of aryl methyl sites for hydroxylation is 1. The van der Waals surface area contributed by atoms with Gasteiger partial charge >= 0.3 is 0 Å². The maximum absolute atomic E-state index is 9.91. The van der Waals surface area contributed by atoms with E-state index in [2.05, 4.69) is 39.0 Å². The lowest BCUT2D eigenvalue weighted by Crippen LogP contribution is -2.43. The van der Waals surface area contributed by atoms with Gasteiger partial charge < -0.3 is 14.1 Å². The van der Waals surface area contributed by atoms with Crippen LogP contribution >= 0.6 is 0 Å². The van der Waals surface area contributed by atoms with Crippen molar-refractivity contribution in [2.75, 3.05) is 0 Å². The third kappa shape index (κ3) is 3.67. The second-order valence-electron chi connectivity index (χ2n) is 7.57. The molecule has 2 aromatic rings. The van der Waals surface area contributed by atoms with Crippen LogP contribution in [0.3, 0.4) is 0 Å². The first-order valence-electron chi connectivity index (χ1n) is 7.96. The van der Waals surface area contributed by atoms with Crippen LogP contribution in [0.15, 0.2) is 28.8 Å². The summed E-state index contributed by atoms with van der Waals surface area (Å²) in [7, 11) is -1.84. The molecule has 1 heterocycles. The molecule has 23 heavy (non-hydrogen) atoms. The van der Waals surface area contributed by atoms with E-state index in [9.17, 15) is 5.11 Å². The molecule has 0 aliphatic rings. The molecule has 0 aliphatic heterocycles. The summed E-state index contributed by atoms with van der Waals surface area (Å²) in [6, 6.07) is 7.82. The van der Waals surface area contributed by atoms with Crippen LogP contribution in [0.2, 0.25) is 18.1 Å². The third-order valence-electron chi connectivity index (χ3n) is 4.62. The molecule has 0 spiro atoms. The topological polar surface area (TPSA) is 55.5 Å². The van der Waals surface area contributed by atoms with Crippen molar-refractivity contribution in [1.29, 1.82) is 0 Å². The van der Waals surface area contributed by atoms with Crippen molar-refractivity contribution in [2.45, 2.75) is 58.9 Å². The van der Waals surface area contributed by atoms with Gasteiger partial charge in [-0.25, -0.2) is 0 Å². The molecule has 0 amide bonds. The summed E-state index contributed by atoms with van der Waals surface area (Å²) in [5.74, 6) is 1.49. The smallest absolute Gasteiger partial charge is 0.250 e. The zero-order valence-electron chi connectivity index (χ0n) is 15.1. The van der Waals surface area contributed by atoms with E-state index in [1.807, 2.05) is 31.2 Å². The number of hydrogen-bond donors (Lipinski definition) is 1. The van der Waals surface area contributed by atoms with Crippen molar-refractivity contribution >= 4 is 8.32 Å². The van der Waals surface area contributed by atoms with E-state index >= 15 is 0 Å². The summed E-state index contributed by atoms with van der Waals surface area (Å²) in [5, 5.41) is 14.0. The number of hydrogen-bond acceptors (Lipinski definition) is 4. The summed E-state index contributed by atoms with van der Waals surface area (Å²) >= 11 is 0. The molecule has 1 atom stereocenters. The Hall–Kier alpha value is -1.59. The SMILES string of the molecule is Cc1noc(-c2ccc(O[Si](C)(C)C(C)(C)C)cc2)c1C(C)O. The van der Waals surface area contributed by atoms with Crippen molar-refractivity contribution in [3.63, 3.8) is 0 Å². The molecule has 2 rings (SSSR count). The molecule has 126 valence electrons. The van der Waals surface area contributed by atoms with E-state index in [0.717, 1.165) is 22.6 Å². The molecule has 0 radical (unpaired) electrons. The molecule has 0 aliphatic carbocycles. The number of aliphatic hydroxyl groups is 1. The number of benzene rings is 1. The fourth-order valence-electron chi connectivity index (χ4n) is 2.20. The molecule has 0 saturated heterocycles. The van der Waals surface area contributed by atoms with Gasteiger partial charge in [0.25, 0.3) is 0 Å². The third-order valence-corrected chi connectivity index (χ3v) is 8.98. The number of aromatic nitrogens is 1. The van der Waals surface area contributed by atoms with Gasteiger partial charge in [0.15, 0.2) is 5.76 Å². The van der Waals surface area contributed by atoms with Crippen molar-refractivity contribution in [2.24, 2.45) is 0 Å². The average molecular weight is 334 g/mol. The minimum absolute atomic E-state index is 0.160. The Morgan fingerprint density at radius 2 is 1.74 bits per heavy atom. The Morgan fingerprint density at radius 1 is 1.17 bits per heavy atom. The van der Waals surface area contributed by atoms with Crippen molar-refractivity contribution in [3.8, 4) is 17.1 Å². The van der Waals surface area contributed by atoms with Crippen LogP contribution < -0.4 is 4.43 Å². The normalized spacial score (nSPS) is 13.9. The van der Waals surface area contributed by atoms with Gasteiger partial charge in [-0.05, 0) is 56.2 Å². The van der Waals surface area contributed by atoms with Crippen LogP contribution in [0.4, 0.5) is 0 Å². The molecular formula is C18H27NO3Si. The molecule has 0 saturated carbocycles. The van der Waals surface area contributed by atoms with Crippen molar-refractivity contribution in [1.82, 2.24) is 5.16 Å². The second kappa shape index (κ2) is 6.13. The Bertz CT molecular complexity index is 667. The predicted molar refractivity (Wildman–Crippen MR) is 95.1 cm³/mol. The van der Waals surface area contributed by atoms with Gasteiger partial charge in [-0.3, -0.25) is 0 Å². The summed E-state index contributed by atoms with van der Waals surface area (Å²) in [6.07, 6.45) is -0.612. The highest BCUT2D eigenvalue weighted by molar-refractivity contribution is 6.74.